The molecule has 1 unspecified atom stereocenters. The smallest absolute Gasteiger partial charge is 0.126 e. The number of hydrogen-bond donors (Lipinski definition) is 1. The molecule has 1 fully saturated rings. The highest BCUT2D eigenvalue weighted by Gasteiger charge is 2.19. The second kappa shape index (κ2) is 5.52. The zero-order valence-corrected chi connectivity index (χ0v) is 10.8. The molecule has 0 aromatic heterocycles. The van der Waals surface area contributed by atoms with E-state index in [9.17, 15) is 4.39 Å². The molecule has 1 aliphatic carbocycles. The lowest BCUT2D eigenvalue weighted by molar-refractivity contribution is 0.328. The lowest BCUT2D eigenvalue weighted by Crippen LogP contribution is -2.27. The van der Waals surface area contributed by atoms with Crippen molar-refractivity contribution in [3.63, 3.8) is 0 Å². The topological polar surface area (TPSA) is 12.0 Å². The highest BCUT2D eigenvalue weighted by molar-refractivity contribution is 5.46. The highest BCUT2D eigenvalue weighted by atomic mass is 19.1. The average molecular weight is 235 g/mol. The minimum Gasteiger partial charge on any atom is -0.382 e. The van der Waals surface area contributed by atoms with E-state index in [1.807, 2.05) is 19.1 Å². The molecular formula is C15H22FN. The predicted octanol–water partition coefficient (Wildman–Crippen LogP) is 4.51. The van der Waals surface area contributed by atoms with Crippen LogP contribution in [0, 0.1) is 18.7 Å². The maximum absolute atomic E-state index is 13.2. The van der Waals surface area contributed by atoms with Crippen LogP contribution in [-0.4, -0.2) is 6.04 Å². The lowest BCUT2D eigenvalue weighted by Gasteiger charge is -2.29. The van der Waals surface area contributed by atoms with E-state index in [2.05, 4.69) is 12.2 Å². The third kappa shape index (κ3) is 3.21. The Balaban J connectivity index is 1.96. The standard InChI is InChI=1S/C15H22FN/c1-11-10-14(8-9-15(11)16)17-12(2)13-6-4-3-5-7-13/h8-10,12-13,17H,3-7H2,1-2H3. The minimum atomic E-state index is -0.124. The SMILES string of the molecule is Cc1cc(NC(C)C2CCCCC2)ccc1F. The second-order valence-electron chi connectivity index (χ2n) is 5.30. The van der Waals surface area contributed by atoms with Crippen molar-refractivity contribution in [2.75, 3.05) is 5.32 Å². The molecule has 94 valence electrons. The molecule has 2 rings (SSSR count). The zero-order valence-electron chi connectivity index (χ0n) is 10.8. The van der Waals surface area contributed by atoms with Crippen LogP contribution in [-0.2, 0) is 0 Å². The molecule has 2 heteroatoms. The van der Waals surface area contributed by atoms with Gasteiger partial charge in [0.15, 0.2) is 0 Å². The normalized spacial score (nSPS) is 19.0. The molecule has 1 aliphatic rings. The average Bonchev–Trinajstić information content (AvgIpc) is 2.35. The third-order valence-corrected chi connectivity index (χ3v) is 3.91. The van der Waals surface area contributed by atoms with Crippen molar-refractivity contribution in [3.05, 3.63) is 29.6 Å². The first-order valence-corrected chi connectivity index (χ1v) is 6.69. The molecule has 0 heterocycles. The van der Waals surface area contributed by atoms with Gasteiger partial charge in [0.1, 0.15) is 5.82 Å². The summed E-state index contributed by atoms with van der Waals surface area (Å²) in [4.78, 5) is 0. The van der Waals surface area contributed by atoms with Gasteiger partial charge in [-0.2, -0.15) is 0 Å². The molecule has 1 N–H and O–H groups in total. The van der Waals surface area contributed by atoms with Gasteiger partial charge in [-0.1, -0.05) is 19.3 Å². The Kier molecular flexibility index (Phi) is 4.03. The fourth-order valence-corrected chi connectivity index (χ4v) is 2.75. The van der Waals surface area contributed by atoms with Crippen molar-refractivity contribution < 1.29 is 4.39 Å². The summed E-state index contributed by atoms with van der Waals surface area (Å²) in [7, 11) is 0. The quantitative estimate of drug-likeness (QED) is 0.812. The van der Waals surface area contributed by atoms with E-state index < -0.39 is 0 Å². The van der Waals surface area contributed by atoms with E-state index in [1.54, 1.807) is 6.07 Å². The van der Waals surface area contributed by atoms with Gasteiger partial charge in [-0.3, -0.25) is 0 Å². The van der Waals surface area contributed by atoms with Crippen LogP contribution < -0.4 is 5.32 Å². The molecule has 0 bridgehead atoms. The highest BCUT2D eigenvalue weighted by Crippen LogP contribution is 2.28. The Hall–Kier alpha value is -1.05. The molecule has 1 saturated carbocycles. The van der Waals surface area contributed by atoms with E-state index in [4.69, 9.17) is 0 Å². The molecular weight excluding hydrogens is 213 g/mol. The van der Waals surface area contributed by atoms with Gasteiger partial charge in [-0.25, -0.2) is 4.39 Å². The number of aryl methyl sites for hydroxylation is 1. The molecule has 0 spiro atoms. The van der Waals surface area contributed by atoms with Gasteiger partial charge >= 0.3 is 0 Å². The van der Waals surface area contributed by atoms with Gasteiger partial charge in [0.25, 0.3) is 0 Å². The third-order valence-electron chi connectivity index (χ3n) is 3.91. The van der Waals surface area contributed by atoms with Crippen LogP contribution in [0.4, 0.5) is 10.1 Å². The van der Waals surface area contributed by atoms with Crippen LogP contribution in [0.1, 0.15) is 44.6 Å². The summed E-state index contributed by atoms with van der Waals surface area (Å²) in [5, 5.41) is 3.51. The Morgan fingerprint density at radius 3 is 2.59 bits per heavy atom. The molecule has 1 atom stereocenters. The summed E-state index contributed by atoms with van der Waals surface area (Å²) in [6, 6.07) is 5.77. The maximum atomic E-state index is 13.2. The number of anilines is 1. The Labute approximate surface area is 103 Å². The summed E-state index contributed by atoms with van der Waals surface area (Å²) in [6.07, 6.45) is 6.76. The summed E-state index contributed by atoms with van der Waals surface area (Å²) >= 11 is 0. The van der Waals surface area contributed by atoms with Crippen molar-refractivity contribution in [1.82, 2.24) is 0 Å². The first-order chi connectivity index (χ1) is 8.16. The zero-order chi connectivity index (χ0) is 12.3. The fraction of sp³-hybridized carbons (Fsp3) is 0.600. The van der Waals surface area contributed by atoms with Crippen LogP contribution in [0.15, 0.2) is 18.2 Å². The fourth-order valence-electron chi connectivity index (χ4n) is 2.75. The molecule has 1 aromatic carbocycles. The lowest BCUT2D eigenvalue weighted by atomic mass is 9.84. The maximum Gasteiger partial charge on any atom is 0.126 e. The van der Waals surface area contributed by atoms with Crippen molar-refractivity contribution in [2.24, 2.45) is 5.92 Å². The monoisotopic (exact) mass is 235 g/mol. The van der Waals surface area contributed by atoms with Crippen LogP contribution in [0.3, 0.4) is 0 Å². The number of benzene rings is 1. The van der Waals surface area contributed by atoms with Gasteiger partial charge in [-0.05, 0) is 56.4 Å². The van der Waals surface area contributed by atoms with Crippen LogP contribution in [0.2, 0.25) is 0 Å². The van der Waals surface area contributed by atoms with Crippen LogP contribution in [0.5, 0.6) is 0 Å². The van der Waals surface area contributed by atoms with Gasteiger partial charge in [0.2, 0.25) is 0 Å². The Bertz CT molecular complexity index is 369. The summed E-state index contributed by atoms with van der Waals surface area (Å²) < 4.78 is 13.2. The minimum absolute atomic E-state index is 0.124. The number of rotatable bonds is 3. The van der Waals surface area contributed by atoms with Crippen molar-refractivity contribution in [3.8, 4) is 0 Å². The summed E-state index contributed by atoms with van der Waals surface area (Å²) in [5.74, 6) is 0.648. The van der Waals surface area contributed by atoms with Gasteiger partial charge in [0, 0.05) is 11.7 Å². The summed E-state index contributed by atoms with van der Waals surface area (Å²) in [6.45, 7) is 4.06. The van der Waals surface area contributed by atoms with Gasteiger partial charge < -0.3 is 5.32 Å². The molecule has 0 radical (unpaired) electrons. The van der Waals surface area contributed by atoms with Gasteiger partial charge in [0.05, 0.1) is 0 Å². The molecule has 17 heavy (non-hydrogen) atoms. The Morgan fingerprint density at radius 1 is 1.24 bits per heavy atom. The molecule has 0 saturated heterocycles. The number of halogens is 1. The number of hydrogen-bond acceptors (Lipinski definition) is 1. The number of nitrogens with one attached hydrogen (secondary N) is 1. The molecule has 1 aromatic rings. The van der Waals surface area contributed by atoms with E-state index in [1.165, 1.54) is 32.1 Å². The van der Waals surface area contributed by atoms with E-state index in [0.29, 0.717) is 11.6 Å². The second-order valence-corrected chi connectivity index (χ2v) is 5.30. The van der Waals surface area contributed by atoms with Crippen molar-refractivity contribution >= 4 is 5.69 Å². The Morgan fingerprint density at radius 2 is 1.94 bits per heavy atom. The molecule has 0 amide bonds. The summed E-state index contributed by atoms with van der Waals surface area (Å²) in [5.41, 5.74) is 1.76. The van der Waals surface area contributed by atoms with Crippen molar-refractivity contribution in [1.29, 1.82) is 0 Å². The van der Waals surface area contributed by atoms with E-state index in [0.717, 1.165) is 11.6 Å². The first-order valence-electron chi connectivity index (χ1n) is 6.69. The molecule has 0 aliphatic heterocycles. The van der Waals surface area contributed by atoms with Crippen molar-refractivity contribution in [2.45, 2.75) is 52.0 Å². The van der Waals surface area contributed by atoms with Crippen LogP contribution >= 0.6 is 0 Å². The largest absolute Gasteiger partial charge is 0.382 e. The van der Waals surface area contributed by atoms with E-state index in [-0.39, 0.29) is 5.82 Å². The van der Waals surface area contributed by atoms with Crippen LogP contribution in [0.25, 0.3) is 0 Å². The predicted molar refractivity (Wildman–Crippen MR) is 70.8 cm³/mol. The van der Waals surface area contributed by atoms with E-state index >= 15 is 0 Å². The first kappa shape index (κ1) is 12.4. The van der Waals surface area contributed by atoms with Gasteiger partial charge in [-0.15, -0.1) is 0 Å². The molecule has 1 nitrogen and oxygen atoms in total.